The minimum atomic E-state index is -1.03. The summed E-state index contributed by atoms with van der Waals surface area (Å²) in [6.07, 6.45) is 2.24. The van der Waals surface area contributed by atoms with Crippen LogP contribution in [0.15, 0.2) is 48.5 Å². The third kappa shape index (κ3) is 3.76. The Morgan fingerprint density at radius 2 is 1.77 bits per heavy atom. The van der Waals surface area contributed by atoms with Crippen LogP contribution >= 0.6 is 0 Å². The van der Waals surface area contributed by atoms with Gasteiger partial charge in [0.05, 0.1) is 5.56 Å². The van der Waals surface area contributed by atoms with Crippen molar-refractivity contribution in [3.8, 4) is 5.75 Å². The zero-order chi connectivity index (χ0) is 16.1. The molecule has 0 aliphatic rings. The van der Waals surface area contributed by atoms with Gasteiger partial charge >= 0.3 is 0 Å². The van der Waals surface area contributed by atoms with Crippen LogP contribution in [0.3, 0.4) is 0 Å². The topological polar surface area (TPSA) is 66.4 Å². The number of halogens is 2. The number of rotatable bonds is 3. The Bertz CT molecular complexity index is 757. The zero-order valence-corrected chi connectivity index (χ0v) is 11.2. The van der Waals surface area contributed by atoms with Gasteiger partial charge in [-0.3, -0.25) is 14.9 Å². The van der Waals surface area contributed by atoms with E-state index in [2.05, 4.69) is 0 Å². The number of para-hydroxylation sites is 1. The van der Waals surface area contributed by atoms with Crippen molar-refractivity contribution in [1.82, 2.24) is 5.32 Å². The smallest absolute Gasteiger partial charge is 0.261 e. The van der Waals surface area contributed by atoms with E-state index in [1.165, 1.54) is 36.4 Å². The lowest BCUT2D eigenvalue weighted by molar-refractivity contribution is -0.115. The largest absolute Gasteiger partial charge is 0.507 e. The number of hydrogen-bond donors (Lipinski definition) is 2. The number of benzene rings is 2. The molecular formula is C16H11F2NO3. The van der Waals surface area contributed by atoms with Gasteiger partial charge in [0, 0.05) is 6.08 Å². The van der Waals surface area contributed by atoms with Gasteiger partial charge in [-0.2, -0.15) is 0 Å². The second-order valence-electron chi connectivity index (χ2n) is 4.34. The highest BCUT2D eigenvalue weighted by molar-refractivity contribution is 6.10. The Kier molecular flexibility index (Phi) is 4.63. The highest BCUT2D eigenvalue weighted by Crippen LogP contribution is 2.15. The predicted octanol–water partition coefficient (Wildman–Crippen LogP) is 2.64. The van der Waals surface area contributed by atoms with Gasteiger partial charge in [-0.05, 0) is 35.9 Å². The van der Waals surface area contributed by atoms with Gasteiger partial charge in [0.15, 0.2) is 11.6 Å². The number of phenols is 1. The molecule has 0 atom stereocenters. The molecule has 4 nitrogen and oxygen atoms in total. The summed E-state index contributed by atoms with van der Waals surface area (Å²) < 4.78 is 25.7. The number of phenolic OH excluding ortho intramolecular Hbond substituents is 1. The molecule has 0 spiro atoms. The van der Waals surface area contributed by atoms with Gasteiger partial charge in [0.2, 0.25) is 0 Å². The van der Waals surface area contributed by atoms with Crippen molar-refractivity contribution in [3.05, 3.63) is 71.3 Å². The fourth-order valence-corrected chi connectivity index (χ4v) is 1.67. The minimum Gasteiger partial charge on any atom is -0.507 e. The van der Waals surface area contributed by atoms with Crippen molar-refractivity contribution in [2.24, 2.45) is 0 Å². The standard InChI is InChI=1S/C16H11F2NO3/c17-12-7-5-10(9-13(12)18)6-8-15(21)19-16(22)11-3-1-2-4-14(11)20/h1-9,20H,(H,19,21,22). The molecule has 0 saturated heterocycles. The predicted molar refractivity (Wildman–Crippen MR) is 76.0 cm³/mol. The Morgan fingerprint density at radius 1 is 1.05 bits per heavy atom. The van der Waals surface area contributed by atoms with Crippen molar-refractivity contribution >= 4 is 17.9 Å². The van der Waals surface area contributed by atoms with E-state index < -0.39 is 23.4 Å². The first kappa shape index (κ1) is 15.4. The molecule has 0 radical (unpaired) electrons. The van der Waals surface area contributed by atoms with Gasteiger partial charge < -0.3 is 5.11 Å². The average molecular weight is 303 g/mol. The fraction of sp³-hybridized carbons (Fsp3) is 0. The zero-order valence-electron chi connectivity index (χ0n) is 11.2. The van der Waals surface area contributed by atoms with Gasteiger partial charge in [0.1, 0.15) is 5.75 Å². The van der Waals surface area contributed by atoms with Crippen molar-refractivity contribution in [3.63, 3.8) is 0 Å². The number of aromatic hydroxyl groups is 1. The summed E-state index contributed by atoms with van der Waals surface area (Å²) in [5, 5.41) is 11.5. The maximum absolute atomic E-state index is 13.0. The summed E-state index contributed by atoms with van der Waals surface area (Å²) in [6, 6.07) is 8.89. The second kappa shape index (κ2) is 6.62. The van der Waals surface area contributed by atoms with Crippen LogP contribution in [0.2, 0.25) is 0 Å². The number of nitrogens with one attached hydrogen (secondary N) is 1. The number of imide groups is 1. The molecule has 22 heavy (non-hydrogen) atoms. The molecule has 2 aromatic rings. The first-order chi connectivity index (χ1) is 10.5. The molecule has 0 aliphatic heterocycles. The number of carbonyl (C=O) groups excluding carboxylic acids is 2. The van der Waals surface area contributed by atoms with Crippen molar-refractivity contribution in [2.45, 2.75) is 0 Å². The van der Waals surface area contributed by atoms with Gasteiger partial charge in [-0.1, -0.05) is 18.2 Å². The van der Waals surface area contributed by atoms with E-state index >= 15 is 0 Å². The SMILES string of the molecule is O=C(C=Cc1ccc(F)c(F)c1)NC(=O)c1ccccc1O. The van der Waals surface area contributed by atoms with Crippen LogP contribution in [0, 0.1) is 11.6 Å². The summed E-state index contributed by atoms with van der Waals surface area (Å²) in [5.74, 6) is -3.79. The molecule has 0 saturated carbocycles. The lowest BCUT2D eigenvalue weighted by Crippen LogP contribution is -2.28. The van der Waals surface area contributed by atoms with Gasteiger partial charge in [0.25, 0.3) is 11.8 Å². The fourth-order valence-electron chi connectivity index (χ4n) is 1.67. The average Bonchev–Trinajstić information content (AvgIpc) is 2.49. The van der Waals surface area contributed by atoms with Crippen molar-refractivity contribution < 1.29 is 23.5 Å². The molecule has 0 heterocycles. The number of amides is 2. The van der Waals surface area contributed by atoms with Crippen LogP contribution in [-0.4, -0.2) is 16.9 Å². The summed E-state index contributed by atoms with van der Waals surface area (Å²) >= 11 is 0. The Labute approximate surface area is 124 Å². The van der Waals surface area contributed by atoms with E-state index in [1.807, 2.05) is 5.32 Å². The molecular weight excluding hydrogens is 292 g/mol. The third-order valence-corrected chi connectivity index (χ3v) is 2.76. The summed E-state index contributed by atoms with van der Waals surface area (Å²) in [6.45, 7) is 0. The maximum Gasteiger partial charge on any atom is 0.261 e. The first-order valence-corrected chi connectivity index (χ1v) is 6.24. The molecule has 0 aliphatic carbocycles. The van der Waals surface area contributed by atoms with E-state index in [1.54, 1.807) is 0 Å². The maximum atomic E-state index is 13.0. The summed E-state index contributed by atoms with van der Waals surface area (Å²) in [5.41, 5.74) is 0.223. The Morgan fingerprint density at radius 3 is 2.45 bits per heavy atom. The second-order valence-corrected chi connectivity index (χ2v) is 4.34. The van der Waals surface area contributed by atoms with Crippen molar-refractivity contribution in [2.75, 3.05) is 0 Å². The Balaban J connectivity index is 2.03. The van der Waals surface area contributed by atoms with E-state index in [-0.39, 0.29) is 16.9 Å². The normalized spacial score (nSPS) is 10.6. The molecule has 2 aromatic carbocycles. The van der Waals surface area contributed by atoms with Crippen molar-refractivity contribution in [1.29, 1.82) is 0 Å². The quantitative estimate of drug-likeness (QED) is 0.857. The van der Waals surface area contributed by atoms with Crippen LogP contribution in [0.1, 0.15) is 15.9 Å². The van der Waals surface area contributed by atoms with Gasteiger partial charge in [-0.15, -0.1) is 0 Å². The van der Waals surface area contributed by atoms with E-state index in [0.717, 1.165) is 18.2 Å². The highest BCUT2D eigenvalue weighted by Gasteiger charge is 2.12. The minimum absolute atomic E-state index is 0.0444. The molecule has 0 unspecified atom stereocenters. The number of hydrogen-bond acceptors (Lipinski definition) is 3. The monoisotopic (exact) mass is 303 g/mol. The molecule has 2 N–H and O–H groups in total. The van der Waals surface area contributed by atoms with E-state index in [4.69, 9.17) is 0 Å². The van der Waals surface area contributed by atoms with Crippen LogP contribution in [-0.2, 0) is 4.79 Å². The van der Waals surface area contributed by atoms with Crippen LogP contribution in [0.25, 0.3) is 6.08 Å². The van der Waals surface area contributed by atoms with Gasteiger partial charge in [-0.25, -0.2) is 8.78 Å². The molecule has 0 aromatic heterocycles. The van der Waals surface area contributed by atoms with Crippen LogP contribution in [0.5, 0.6) is 5.75 Å². The Hall–Kier alpha value is -3.02. The lowest BCUT2D eigenvalue weighted by Gasteiger charge is -2.03. The first-order valence-electron chi connectivity index (χ1n) is 6.24. The van der Waals surface area contributed by atoms with Crippen LogP contribution in [0.4, 0.5) is 8.78 Å². The van der Waals surface area contributed by atoms with E-state index in [9.17, 15) is 23.5 Å². The molecule has 6 heteroatoms. The molecule has 2 rings (SSSR count). The van der Waals surface area contributed by atoms with Crippen LogP contribution < -0.4 is 5.32 Å². The molecule has 0 fully saturated rings. The molecule has 0 bridgehead atoms. The third-order valence-electron chi connectivity index (χ3n) is 2.76. The summed E-state index contributed by atoms with van der Waals surface area (Å²) in [4.78, 5) is 23.3. The highest BCUT2D eigenvalue weighted by atomic mass is 19.2. The molecule has 2 amide bonds. The molecule has 112 valence electrons. The van der Waals surface area contributed by atoms with E-state index in [0.29, 0.717) is 0 Å². The number of carbonyl (C=O) groups is 2. The summed E-state index contributed by atoms with van der Waals surface area (Å²) in [7, 11) is 0. The lowest BCUT2D eigenvalue weighted by atomic mass is 10.2.